The lowest BCUT2D eigenvalue weighted by Crippen LogP contribution is -2.05. The van der Waals surface area contributed by atoms with Crippen molar-refractivity contribution in [3.8, 4) is 0 Å². The van der Waals surface area contributed by atoms with Gasteiger partial charge in [0, 0.05) is 5.56 Å². The van der Waals surface area contributed by atoms with Gasteiger partial charge in [0.05, 0.1) is 24.6 Å². The average Bonchev–Trinajstić information content (AvgIpc) is 2.48. The Kier molecular flexibility index (Phi) is 5.46. The van der Waals surface area contributed by atoms with E-state index in [-0.39, 0.29) is 11.9 Å². The Labute approximate surface area is 124 Å². The van der Waals surface area contributed by atoms with E-state index in [9.17, 15) is 4.39 Å². The molecular weight excluding hydrogens is 267 g/mol. The van der Waals surface area contributed by atoms with Crippen molar-refractivity contribution in [2.75, 3.05) is 5.43 Å². The van der Waals surface area contributed by atoms with Crippen LogP contribution in [0.25, 0.3) is 0 Å². The molecule has 0 aliphatic carbocycles. The zero-order valence-electron chi connectivity index (χ0n) is 12.2. The molecule has 4 heteroatoms. The highest BCUT2D eigenvalue weighted by Gasteiger charge is 2.04. The highest BCUT2D eigenvalue weighted by Crippen LogP contribution is 2.12. The molecule has 3 nitrogen and oxygen atoms in total. The third kappa shape index (κ3) is 5.00. The lowest BCUT2D eigenvalue weighted by atomic mass is 10.1. The minimum absolute atomic E-state index is 0.0977. The van der Waals surface area contributed by atoms with Crippen molar-refractivity contribution < 1.29 is 9.13 Å². The fourth-order valence-electron chi connectivity index (χ4n) is 1.77. The summed E-state index contributed by atoms with van der Waals surface area (Å²) in [5.41, 5.74) is 5.45. The van der Waals surface area contributed by atoms with E-state index in [0.717, 1.165) is 16.8 Å². The van der Waals surface area contributed by atoms with Gasteiger partial charge in [-0.25, -0.2) is 4.39 Å². The molecule has 2 rings (SSSR count). The van der Waals surface area contributed by atoms with E-state index in [1.165, 1.54) is 12.1 Å². The van der Waals surface area contributed by atoms with Crippen molar-refractivity contribution in [1.82, 2.24) is 0 Å². The topological polar surface area (TPSA) is 33.6 Å². The van der Waals surface area contributed by atoms with Gasteiger partial charge in [0.15, 0.2) is 0 Å². The summed E-state index contributed by atoms with van der Waals surface area (Å²) in [6.07, 6.45) is 1.77. The van der Waals surface area contributed by atoms with Crippen LogP contribution in [0.1, 0.15) is 25.0 Å². The molecular formula is C17H19FN2O. The molecule has 0 atom stereocenters. The van der Waals surface area contributed by atoms with Gasteiger partial charge in [-0.2, -0.15) is 5.10 Å². The predicted octanol–water partition coefficient (Wildman–Crippen LogP) is 4.20. The number of hydrogen-bond donors (Lipinski definition) is 1. The first-order chi connectivity index (χ1) is 10.1. The molecule has 0 heterocycles. The number of halogens is 1. The van der Waals surface area contributed by atoms with Gasteiger partial charge < -0.3 is 4.74 Å². The fourth-order valence-corrected chi connectivity index (χ4v) is 1.77. The van der Waals surface area contributed by atoms with Crippen LogP contribution < -0.4 is 5.43 Å². The lowest BCUT2D eigenvalue weighted by molar-refractivity contribution is 0.0655. The Bertz CT molecular complexity index is 597. The standard InChI is InChI=1S/C17H19FN2O/c1-13(2)21-12-15-10-16(18)9-8-14(15)11-19-20-17-6-4-3-5-7-17/h3-11,13,20H,12H2,1-2H3. The van der Waals surface area contributed by atoms with E-state index in [1.807, 2.05) is 44.2 Å². The van der Waals surface area contributed by atoms with Crippen LogP contribution in [0.15, 0.2) is 53.6 Å². The summed E-state index contributed by atoms with van der Waals surface area (Å²) in [5, 5.41) is 4.18. The Hall–Kier alpha value is -2.20. The molecule has 2 aromatic carbocycles. The molecule has 0 fully saturated rings. The maximum atomic E-state index is 13.3. The first-order valence-corrected chi connectivity index (χ1v) is 6.89. The summed E-state index contributed by atoms with van der Waals surface area (Å²) in [6.45, 7) is 4.26. The third-order valence-electron chi connectivity index (χ3n) is 2.85. The van der Waals surface area contributed by atoms with Crippen molar-refractivity contribution in [2.24, 2.45) is 5.10 Å². The van der Waals surface area contributed by atoms with Crippen LogP contribution in [0.4, 0.5) is 10.1 Å². The molecule has 0 saturated heterocycles. The second-order valence-corrected chi connectivity index (χ2v) is 4.94. The number of ether oxygens (including phenoxy) is 1. The van der Waals surface area contributed by atoms with Crippen LogP contribution in [-0.4, -0.2) is 12.3 Å². The van der Waals surface area contributed by atoms with Crippen LogP contribution >= 0.6 is 0 Å². The Morgan fingerprint density at radius 2 is 1.95 bits per heavy atom. The molecule has 110 valence electrons. The quantitative estimate of drug-likeness (QED) is 0.638. The zero-order chi connectivity index (χ0) is 15.1. The van der Waals surface area contributed by atoms with Crippen LogP contribution in [0.3, 0.4) is 0 Å². The maximum Gasteiger partial charge on any atom is 0.123 e. The van der Waals surface area contributed by atoms with Gasteiger partial charge in [0.2, 0.25) is 0 Å². The van der Waals surface area contributed by atoms with Gasteiger partial charge in [-0.3, -0.25) is 5.43 Å². The number of nitrogens with one attached hydrogen (secondary N) is 1. The van der Waals surface area contributed by atoms with Crippen molar-refractivity contribution >= 4 is 11.9 Å². The SMILES string of the molecule is CC(C)OCc1cc(F)ccc1C=NNc1ccccc1. The predicted molar refractivity (Wildman–Crippen MR) is 84.0 cm³/mol. The third-order valence-corrected chi connectivity index (χ3v) is 2.85. The van der Waals surface area contributed by atoms with E-state index in [4.69, 9.17) is 4.74 Å². The summed E-state index contributed by atoms with van der Waals surface area (Å²) in [7, 11) is 0. The van der Waals surface area contributed by atoms with E-state index in [0.29, 0.717) is 6.61 Å². The maximum absolute atomic E-state index is 13.3. The summed E-state index contributed by atoms with van der Waals surface area (Å²) in [5.74, 6) is -0.273. The van der Waals surface area contributed by atoms with Crippen LogP contribution in [0, 0.1) is 5.82 Å². The second kappa shape index (κ2) is 7.55. The minimum Gasteiger partial charge on any atom is -0.374 e. The van der Waals surface area contributed by atoms with Crippen molar-refractivity contribution in [3.05, 3.63) is 65.5 Å². The fraction of sp³-hybridized carbons (Fsp3) is 0.235. The highest BCUT2D eigenvalue weighted by atomic mass is 19.1. The molecule has 0 spiro atoms. The normalized spacial score (nSPS) is 11.2. The Balaban J connectivity index is 2.07. The molecule has 0 saturated carbocycles. The first-order valence-electron chi connectivity index (χ1n) is 6.89. The van der Waals surface area contributed by atoms with Gasteiger partial charge in [-0.1, -0.05) is 24.3 Å². The monoisotopic (exact) mass is 286 g/mol. The molecule has 0 unspecified atom stereocenters. The Morgan fingerprint density at radius 3 is 2.67 bits per heavy atom. The number of nitrogens with zero attached hydrogens (tertiary/aromatic N) is 1. The van der Waals surface area contributed by atoms with Crippen LogP contribution in [0.2, 0.25) is 0 Å². The molecule has 21 heavy (non-hydrogen) atoms. The molecule has 0 bridgehead atoms. The lowest BCUT2D eigenvalue weighted by Gasteiger charge is -2.10. The van der Waals surface area contributed by atoms with Crippen LogP contribution in [-0.2, 0) is 11.3 Å². The number of anilines is 1. The summed E-state index contributed by atoms with van der Waals surface area (Å²) in [6, 6.07) is 14.2. The minimum atomic E-state index is -0.273. The van der Waals surface area contributed by atoms with Crippen LogP contribution in [0.5, 0.6) is 0 Å². The number of hydrogen-bond acceptors (Lipinski definition) is 3. The zero-order valence-corrected chi connectivity index (χ0v) is 12.2. The van der Waals surface area contributed by atoms with Crippen molar-refractivity contribution in [1.29, 1.82) is 0 Å². The van der Waals surface area contributed by atoms with Gasteiger partial charge in [0.1, 0.15) is 5.82 Å². The molecule has 0 amide bonds. The number of hydrazone groups is 1. The number of benzene rings is 2. The van der Waals surface area contributed by atoms with Crippen molar-refractivity contribution in [3.63, 3.8) is 0 Å². The van der Waals surface area contributed by atoms with E-state index in [2.05, 4.69) is 10.5 Å². The molecule has 0 aliphatic rings. The molecule has 0 aromatic heterocycles. The molecule has 1 N–H and O–H groups in total. The number of para-hydroxylation sites is 1. The first kappa shape index (κ1) is 15.2. The second-order valence-electron chi connectivity index (χ2n) is 4.94. The van der Waals surface area contributed by atoms with Gasteiger partial charge >= 0.3 is 0 Å². The Morgan fingerprint density at radius 1 is 1.19 bits per heavy atom. The summed E-state index contributed by atoms with van der Waals surface area (Å²) in [4.78, 5) is 0. The summed E-state index contributed by atoms with van der Waals surface area (Å²) < 4.78 is 18.9. The van der Waals surface area contributed by atoms with Crippen molar-refractivity contribution in [2.45, 2.75) is 26.6 Å². The van der Waals surface area contributed by atoms with Gasteiger partial charge in [-0.15, -0.1) is 0 Å². The summed E-state index contributed by atoms with van der Waals surface area (Å²) >= 11 is 0. The number of rotatable bonds is 6. The van der Waals surface area contributed by atoms with E-state index < -0.39 is 0 Å². The smallest absolute Gasteiger partial charge is 0.123 e. The van der Waals surface area contributed by atoms with Gasteiger partial charge in [-0.05, 0) is 43.7 Å². The molecule has 2 aromatic rings. The largest absolute Gasteiger partial charge is 0.374 e. The highest BCUT2D eigenvalue weighted by molar-refractivity contribution is 5.82. The average molecular weight is 286 g/mol. The van der Waals surface area contributed by atoms with E-state index >= 15 is 0 Å². The van der Waals surface area contributed by atoms with Gasteiger partial charge in [0.25, 0.3) is 0 Å². The molecule has 0 aliphatic heterocycles. The molecule has 0 radical (unpaired) electrons. The van der Waals surface area contributed by atoms with E-state index in [1.54, 1.807) is 12.3 Å².